The van der Waals surface area contributed by atoms with E-state index in [-0.39, 0.29) is 29.9 Å². The van der Waals surface area contributed by atoms with Crippen LogP contribution in [0.25, 0.3) is 0 Å². The molecule has 3 rings (SSSR count). The predicted molar refractivity (Wildman–Crippen MR) is 140 cm³/mol. The van der Waals surface area contributed by atoms with Gasteiger partial charge >= 0.3 is 0 Å². The number of sulfonamides is 1. The monoisotopic (exact) mass is 533 g/mol. The fourth-order valence-electron chi connectivity index (χ4n) is 3.31. The highest BCUT2D eigenvalue weighted by Crippen LogP contribution is 2.29. The van der Waals surface area contributed by atoms with Crippen LogP contribution in [0.3, 0.4) is 0 Å². The summed E-state index contributed by atoms with van der Waals surface area (Å²) in [6.45, 7) is 0.274. The molecule has 0 radical (unpaired) electrons. The van der Waals surface area contributed by atoms with Crippen molar-refractivity contribution in [3.63, 3.8) is 0 Å². The molecule has 3 aromatic rings. The van der Waals surface area contributed by atoms with Crippen LogP contribution >= 0.6 is 23.2 Å². The number of halogens is 2. The number of carbonyl (C=O) groups excluding carboxylic acids is 2. The molecular weight excluding hydrogens is 509 g/mol. The number of nitrogens with zero attached hydrogens (tertiary/aromatic N) is 2. The number of benzene rings is 3. The molecule has 0 atom stereocenters. The standard InChI is InChI=1S/C25H25Cl2N3O4S/c1-29(2)25(32)19-9-7-17(8-10-19)15-28-24(31)18-11-13-21(14-12-18)30(35(3,33)34)16-20-5-4-6-22(26)23(20)27/h4-14H,15-16H2,1-3H3,(H,28,31). The fourth-order valence-corrected chi connectivity index (χ4v) is 4.57. The van der Waals surface area contributed by atoms with E-state index < -0.39 is 10.0 Å². The number of rotatable bonds is 8. The van der Waals surface area contributed by atoms with E-state index in [1.807, 2.05) is 0 Å². The summed E-state index contributed by atoms with van der Waals surface area (Å²) in [6.07, 6.45) is 1.10. The lowest BCUT2D eigenvalue weighted by Crippen LogP contribution is -2.29. The lowest BCUT2D eigenvalue weighted by Gasteiger charge is -2.23. The fraction of sp³-hybridized carbons (Fsp3) is 0.200. The van der Waals surface area contributed by atoms with E-state index >= 15 is 0 Å². The molecule has 0 spiro atoms. The third-order valence-corrected chi connectivity index (χ3v) is 7.22. The van der Waals surface area contributed by atoms with Crippen LogP contribution in [0, 0.1) is 0 Å². The molecule has 184 valence electrons. The van der Waals surface area contributed by atoms with Gasteiger partial charge in [-0.15, -0.1) is 0 Å². The van der Waals surface area contributed by atoms with Crippen LogP contribution in [0.5, 0.6) is 0 Å². The van der Waals surface area contributed by atoms with E-state index in [4.69, 9.17) is 23.2 Å². The molecule has 0 fully saturated rings. The Bertz CT molecular complexity index is 1330. The molecule has 10 heteroatoms. The highest BCUT2D eigenvalue weighted by Gasteiger charge is 2.20. The molecule has 3 aromatic carbocycles. The van der Waals surface area contributed by atoms with E-state index in [9.17, 15) is 18.0 Å². The molecule has 0 saturated carbocycles. The summed E-state index contributed by atoms with van der Waals surface area (Å²) in [7, 11) is -0.269. The van der Waals surface area contributed by atoms with Crippen LogP contribution in [0.2, 0.25) is 10.0 Å². The van der Waals surface area contributed by atoms with Gasteiger partial charge in [-0.3, -0.25) is 13.9 Å². The van der Waals surface area contributed by atoms with Crippen molar-refractivity contribution >= 4 is 50.7 Å². The first-order valence-corrected chi connectivity index (χ1v) is 13.2. The number of nitrogens with one attached hydrogen (secondary N) is 1. The third kappa shape index (κ3) is 6.75. The summed E-state index contributed by atoms with van der Waals surface area (Å²) < 4.78 is 26.1. The summed E-state index contributed by atoms with van der Waals surface area (Å²) in [5, 5.41) is 3.45. The van der Waals surface area contributed by atoms with Gasteiger partial charge in [-0.2, -0.15) is 0 Å². The lowest BCUT2D eigenvalue weighted by molar-refractivity contribution is 0.0827. The van der Waals surface area contributed by atoms with Crippen molar-refractivity contribution in [2.45, 2.75) is 13.1 Å². The van der Waals surface area contributed by atoms with Crippen molar-refractivity contribution < 1.29 is 18.0 Å². The zero-order valence-corrected chi connectivity index (χ0v) is 21.8. The Labute approximate surface area is 215 Å². The first-order valence-electron chi connectivity index (χ1n) is 10.6. The van der Waals surface area contributed by atoms with Gasteiger partial charge in [-0.1, -0.05) is 47.5 Å². The number of anilines is 1. The summed E-state index contributed by atoms with van der Waals surface area (Å²) >= 11 is 12.3. The Morgan fingerprint density at radius 1 is 0.886 bits per heavy atom. The second kappa shape index (κ2) is 11.1. The molecule has 0 unspecified atom stereocenters. The van der Waals surface area contributed by atoms with Crippen molar-refractivity contribution in [3.8, 4) is 0 Å². The summed E-state index contributed by atoms with van der Waals surface area (Å²) in [5.74, 6) is -0.407. The third-order valence-electron chi connectivity index (χ3n) is 5.22. The highest BCUT2D eigenvalue weighted by atomic mass is 35.5. The van der Waals surface area contributed by atoms with E-state index in [1.54, 1.807) is 80.8 Å². The molecule has 1 N–H and O–H groups in total. The van der Waals surface area contributed by atoms with E-state index in [0.29, 0.717) is 27.4 Å². The van der Waals surface area contributed by atoms with Gasteiger partial charge in [-0.25, -0.2) is 8.42 Å². The second-order valence-corrected chi connectivity index (χ2v) is 10.8. The number of carbonyl (C=O) groups is 2. The maximum atomic E-state index is 12.6. The molecule has 0 aromatic heterocycles. The van der Waals surface area contributed by atoms with Gasteiger partial charge < -0.3 is 10.2 Å². The van der Waals surface area contributed by atoms with Crippen LogP contribution in [0.1, 0.15) is 31.8 Å². The Kier molecular flexibility index (Phi) is 8.43. The average Bonchev–Trinajstić information content (AvgIpc) is 2.82. The summed E-state index contributed by atoms with van der Waals surface area (Å²) in [4.78, 5) is 26.1. The van der Waals surface area contributed by atoms with E-state index in [0.717, 1.165) is 11.8 Å². The van der Waals surface area contributed by atoms with Gasteiger partial charge in [0.2, 0.25) is 10.0 Å². The molecular formula is C25H25Cl2N3O4S. The van der Waals surface area contributed by atoms with Crippen LogP contribution in [0.15, 0.2) is 66.7 Å². The van der Waals surface area contributed by atoms with Crippen LogP contribution in [-0.2, 0) is 23.1 Å². The number of hydrogen-bond donors (Lipinski definition) is 1. The van der Waals surface area contributed by atoms with Crippen molar-refractivity contribution in [2.75, 3.05) is 24.7 Å². The molecule has 0 saturated heterocycles. The van der Waals surface area contributed by atoms with Crippen LogP contribution < -0.4 is 9.62 Å². The first-order chi connectivity index (χ1) is 16.5. The smallest absolute Gasteiger partial charge is 0.253 e. The number of amides is 2. The number of hydrogen-bond acceptors (Lipinski definition) is 4. The average molecular weight is 534 g/mol. The first kappa shape index (κ1) is 26.5. The largest absolute Gasteiger partial charge is 0.348 e. The maximum absolute atomic E-state index is 12.6. The Morgan fingerprint density at radius 3 is 2.06 bits per heavy atom. The van der Waals surface area contributed by atoms with E-state index in [1.165, 1.54) is 9.21 Å². The van der Waals surface area contributed by atoms with Crippen molar-refractivity contribution in [1.82, 2.24) is 10.2 Å². The summed E-state index contributed by atoms with van der Waals surface area (Å²) in [5.41, 5.74) is 2.73. The summed E-state index contributed by atoms with van der Waals surface area (Å²) in [6, 6.07) is 18.3. The quantitative estimate of drug-likeness (QED) is 0.458. The van der Waals surface area contributed by atoms with Crippen molar-refractivity contribution in [2.24, 2.45) is 0 Å². The topological polar surface area (TPSA) is 86.8 Å². The minimum absolute atomic E-state index is 0.00388. The Hall–Kier alpha value is -3.07. The van der Waals surface area contributed by atoms with Gasteiger partial charge in [0.1, 0.15) is 0 Å². The van der Waals surface area contributed by atoms with Gasteiger partial charge in [-0.05, 0) is 53.6 Å². The molecule has 0 aliphatic heterocycles. The molecule has 2 amide bonds. The molecule has 7 nitrogen and oxygen atoms in total. The lowest BCUT2D eigenvalue weighted by atomic mass is 10.1. The Morgan fingerprint density at radius 2 is 1.49 bits per heavy atom. The second-order valence-electron chi connectivity index (χ2n) is 8.11. The van der Waals surface area contributed by atoms with Gasteiger partial charge in [0.25, 0.3) is 11.8 Å². The normalized spacial score (nSPS) is 11.1. The molecule has 0 aliphatic carbocycles. The predicted octanol–water partition coefficient (Wildman–Crippen LogP) is 4.59. The van der Waals surface area contributed by atoms with Gasteiger partial charge in [0.05, 0.1) is 28.5 Å². The highest BCUT2D eigenvalue weighted by molar-refractivity contribution is 7.92. The zero-order chi connectivity index (χ0) is 25.8. The van der Waals surface area contributed by atoms with Crippen molar-refractivity contribution in [3.05, 3.63) is 99.0 Å². The minimum atomic E-state index is -3.64. The van der Waals surface area contributed by atoms with Crippen molar-refractivity contribution in [1.29, 1.82) is 0 Å². The minimum Gasteiger partial charge on any atom is -0.348 e. The van der Waals surface area contributed by atoms with Crippen LogP contribution in [-0.4, -0.2) is 45.5 Å². The molecule has 0 heterocycles. The van der Waals surface area contributed by atoms with E-state index in [2.05, 4.69) is 5.32 Å². The van der Waals surface area contributed by atoms with Crippen LogP contribution in [0.4, 0.5) is 5.69 Å². The SMILES string of the molecule is CN(C)C(=O)c1ccc(CNC(=O)c2ccc(N(Cc3cccc(Cl)c3Cl)S(C)(=O)=O)cc2)cc1. The van der Waals surface area contributed by atoms with Gasteiger partial charge in [0, 0.05) is 31.8 Å². The molecule has 35 heavy (non-hydrogen) atoms. The van der Waals surface area contributed by atoms with Gasteiger partial charge in [0.15, 0.2) is 0 Å². The zero-order valence-electron chi connectivity index (χ0n) is 19.5. The molecule has 0 aliphatic rings. The molecule has 0 bridgehead atoms. The Balaban J connectivity index is 1.70. The maximum Gasteiger partial charge on any atom is 0.253 e.